The first-order valence-electron chi connectivity index (χ1n) is 8.38. The van der Waals surface area contributed by atoms with E-state index in [9.17, 15) is 0 Å². The van der Waals surface area contributed by atoms with Gasteiger partial charge < -0.3 is 10.2 Å². The maximum Gasteiger partial charge on any atom is 0.185 e. The summed E-state index contributed by atoms with van der Waals surface area (Å²) in [5.74, 6) is 2.20. The average molecular weight is 310 g/mol. The van der Waals surface area contributed by atoms with Crippen LogP contribution in [-0.4, -0.2) is 25.1 Å². The fourth-order valence-electron chi connectivity index (χ4n) is 2.34. The molecule has 0 radical (unpaired) electrons. The molecule has 0 spiro atoms. The van der Waals surface area contributed by atoms with Gasteiger partial charge in [-0.15, -0.1) is 11.3 Å². The van der Waals surface area contributed by atoms with Crippen LogP contribution < -0.4 is 10.2 Å². The second kappa shape index (κ2) is 7.59. The molecule has 1 fully saturated rings. The van der Waals surface area contributed by atoms with Gasteiger partial charge in [0.2, 0.25) is 0 Å². The van der Waals surface area contributed by atoms with Gasteiger partial charge in [-0.25, -0.2) is 4.98 Å². The van der Waals surface area contributed by atoms with E-state index in [1.54, 1.807) is 0 Å². The van der Waals surface area contributed by atoms with Crippen molar-refractivity contribution in [1.82, 2.24) is 10.3 Å². The first kappa shape index (κ1) is 16.8. The van der Waals surface area contributed by atoms with Gasteiger partial charge in [0.1, 0.15) is 0 Å². The Morgan fingerprint density at radius 1 is 1.24 bits per heavy atom. The largest absolute Gasteiger partial charge is 0.351 e. The number of anilines is 1. The summed E-state index contributed by atoms with van der Waals surface area (Å²) in [4.78, 5) is 8.75. The van der Waals surface area contributed by atoms with Gasteiger partial charge in [0.05, 0.1) is 5.69 Å². The van der Waals surface area contributed by atoms with Gasteiger partial charge in [-0.05, 0) is 37.6 Å². The van der Waals surface area contributed by atoms with Gasteiger partial charge in [-0.3, -0.25) is 0 Å². The maximum atomic E-state index is 4.95. The number of nitrogens with zero attached hydrogens (tertiary/aromatic N) is 2. The number of nitrogens with one attached hydrogen (secondary N) is 1. The van der Waals surface area contributed by atoms with Crippen LogP contribution in [0.15, 0.2) is 0 Å². The maximum absolute atomic E-state index is 4.95. The van der Waals surface area contributed by atoms with Crippen LogP contribution in [0.3, 0.4) is 0 Å². The van der Waals surface area contributed by atoms with Crippen molar-refractivity contribution >= 4 is 16.5 Å². The highest BCUT2D eigenvalue weighted by molar-refractivity contribution is 7.15. The van der Waals surface area contributed by atoms with E-state index in [1.807, 2.05) is 11.3 Å². The molecule has 1 heterocycles. The Balaban J connectivity index is 1.98. The van der Waals surface area contributed by atoms with E-state index in [-0.39, 0.29) is 0 Å². The highest BCUT2D eigenvalue weighted by Gasteiger charge is 2.30. The number of hydrogen-bond donors (Lipinski definition) is 1. The summed E-state index contributed by atoms with van der Waals surface area (Å²) in [5, 5.41) is 4.79. The molecule has 0 atom stereocenters. The zero-order chi connectivity index (χ0) is 15.4. The van der Waals surface area contributed by atoms with Crippen LogP contribution in [0.25, 0.3) is 0 Å². The van der Waals surface area contributed by atoms with Crippen LogP contribution in [0, 0.1) is 11.8 Å². The van der Waals surface area contributed by atoms with Crippen molar-refractivity contribution < 1.29 is 0 Å². The van der Waals surface area contributed by atoms with Crippen LogP contribution in [-0.2, 0) is 6.54 Å². The Morgan fingerprint density at radius 2 is 1.95 bits per heavy atom. The lowest BCUT2D eigenvalue weighted by Gasteiger charge is -2.16. The van der Waals surface area contributed by atoms with Crippen molar-refractivity contribution in [3.63, 3.8) is 0 Å². The summed E-state index contributed by atoms with van der Waals surface area (Å²) in [6.07, 6.45) is 3.89. The molecule has 0 amide bonds. The number of aromatic nitrogens is 1. The van der Waals surface area contributed by atoms with Gasteiger partial charge in [0.25, 0.3) is 0 Å². The van der Waals surface area contributed by atoms with Crippen molar-refractivity contribution in [3.8, 4) is 0 Å². The molecule has 1 aliphatic rings. The van der Waals surface area contributed by atoms with Gasteiger partial charge in [0.15, 0.2) is 5.13 Å². The zero-order valence-electron chi connectivity index (χ0n) is 14.3. The van der Waals surface area contributed by atoms with Crippen LogP contribution in [0.2, 0.25) is 0 Å². The Morgan fingerprint density at radius 3 is 2.52 bits per heavy atom. The molecule has 1 aromatic heterocycles. The van der Waals surface area contributed by atoms with Crippen molar-refractivity contribution in [2.24, 2.45) is 11.8 Å². The van der Waals surface area contributed by atoms with Crippen LogP contribution >= 0.6 is 11.3 Å². The summed E-state index contributed by atoms with van der Waals surface area (Å²) in [7, 11) is 2.18. The molecule has 21 heavy (non-hydrogen) atoms. The molecule has 4 heteroatoms. The molecule has 0 unspecified atom stereocenters. The first-order valence-corrected chi connectivity index (χ1v) is 9.20. The van der Waals surface area contributed by atoms with Gasteiger partial charge >= 0.3 is 0 Å². The van der Waals surface area contributed by atoms with Crippen LogP contribution in [0.1, 0.15) is 63.4 Å². The molecular formula is C17H31N3S. The van der Waals surface area contributed by atoms with Gasteiger partial charge in [0, 0.05) is 30.9 Å². The molecule has 3 nitrogen and oxygen atoms in total. The van der Waals surface area contributed by atoms with E-state index < -0.39 is 0 Å². The number of rotatable bonds is 9. The molecule has 1 saturated carbocycles. The van der Waals surface area contributed by atoms with E-state index in [0.29, 0.717) is 5.92 Å². The van der Waals surface area contributed by atoms with E-state index >= 15 is 0 Å². The summed E-state index contributed by atoms with van der Waals surface area (Å²) in [5.41, 5.74) is 1.38. The van der Waals surface area contributed by atoms with Crippen LogP contribution in [0.4, 0.5) is 5.13 Å². The molecule has 2 rings (SSSR count). The average Bonchev–Trinajstić information content (AvgIpc) is 3.17. The summed E-state index contributed by atoms with van der Waals surface area (Å²) in [6.45, 7) is 12.3. The summed E-state index contributed by atoms with van der Waals surface area (Å²) >= 11 is 1.89. The molecule has 0 aliphatic heterocycles. The minimum Gasteiger partial charge on any atom is -0.351 e. The second-order valence-electron chi connectivity index (χ2n) is 7.21. The fraction of sp³-hybridized carbons (Fsp3) is 0.824. The molecule has 0 aromatic carbocycles. The monoisotopic (exact) mass is 309 g/mol. The third-order valence-corrected chi connectivity index (χ3v) is 5.07. The topological polar surface area (TPSA) is 28.2 Å². The second-order valence-corrected chi connectivity index (χ2v) is 8.27. The molecule has 0 saturated heterocycles. The standard InChI is InChI=1S/C17H31N3S/c1-12(2)8-9-20(5)17-19-16(14-6-7-14)15(21-17)11-18-10-13(3)4/h12-14,18H,6-11H2,1-5H3. The van der Waals surface area contributed by atoms with Crippen molar-refractivity contribution in [2.45, 2.75) is 59.4 Å². The summed E-state index contributed by atoms with van der Waals surface area (Å²) in [6, 6.07) is 0. The third kappa shape index (κ3) is 5.26. The molecule has 1 aromatic rings. The molecule has 1 aliphatic carbocycles. The van der Waals surface area contributed by atoms with E-state index in [0.717, 1.165) is 31.5 Å². The smallest absolute Gasteiger partial charge is 0.185 e. The van der Waals surface area contributed by atoms with E-state index in [2.05, 4.69) is 45.0 Å². The van der Waals surface area contributed by atoms with E-state index in [4.69, 9.17) is 4.98 Å². The predicted octanol–water partition coefficient (Wildman–Crippen LogP) is 4.25. The molecular weight excluding hydrogens is 278 g/mol. The van der Waals surface area contributed by atoms with Crippen LogP contribution in [0.5, 0.6) is 0 Å². The minimum absolute atomic E-state index is 0.704. The Hall–Kier alpha value is -0.610. The lowest BCUT2D eigenvalue weighted by molar-refractivity contribution is 0.553. The van der Waals surface area contributed by atoms with Gasteiger partial charge in [-0.2, -0.15) is 0 Å². The number of thiazole rings is 1. The minimum atomic E-state index is 0.704. The third-order valence-electron chi connectivity index (χ3n) is 3.89. The first-order chi connectivity index (χ1) is 9.97. The normalized spacial score (nSPS) is 15.2. The molecule has 120 valence electrons. The Kier molecular flexibility index (Phi) is 6.06. The fourth-order valence-corrected chi connectivity index (χ4v) is 3.44. The Bertz CT molecular complexity index is 435. The quantitative estimate of drug-likeness (QED) is 0.739. The lowest BCUT2D eigenvalue weighted by atomic mass is 10.1. The lowest BCUT2D eigenvalue weighted by Crippen LogP contribution is -2.19. The van der Waals surface area contributed by atoms with Crippen molar-refractivity contribution in [1.29, 1.82) is 0 Å². The highest BCUT2D eigenvalue weighted by atomic mass is 32.1. The highest BCUT2D eigenvalue weighted by Crippen LogP contribution is 2.44. The molecule has 1 N–H and O–H groups in total. The van der Waals surface area contributed by atoms with Gasteiger partial charge in [-0.1, -0.05) is 27.7 Å². The zero-order valence-corrected chi connectivity index (χ0v) is 15.1. The number of hydrogen-bond acceptors (Lipinski definition) is 4. The molecule has 0 bridgehead atoms. The van der Waals surface area contributed by atoms with E-state index in [1.165, 1.54) is 35.0 Å². The Labute approximate surface area is 134 Å². The predicted molar refractivity (Wildman–Crippen MR) is 93.4 cm³/mol. The van der Waals surface area contributed by atoms with Crippen molar-refractivity contribution in [2.75, 3.05) is 25.0 Å². The summed E-state index contributed by atoms with van der Waals surface area (Å²) < 4.78 is 0. The SMILES string of the molecule is CC(C)CCN(C)c1nc(C2CC2)c(CNCC(C)C)s1. The van der Waals surface area contributed by atoms with Crippen molar-refractivity contribution in [3.05, 3.63) is 10.6 Å².